The summed E-state index contributed by atoms with van der Waals surface area (Å²) < 4.78 is 21.7. The van der Waals surface area contributed by atoms with Crippen LogP contribution in [0.25, 0.3) is 0 Å². The number of ether oxygens (including phenoxy) is 1. The minimum Gasteiger partial charge on any atom is -0.351 e. The van der Waals surface area contributed by atoms with Crippen molar-refractivity contribution in [1.29, 1.82) is 0 Å². The lowest BCUT2D eigenvalue weighted by Crippen LogP contribution is -2.33. The summed E-state index contributed by atoms with van der Waals surface area (Å²) in [6.45, 7) is 1.15. The van der Waals surface area contributed by atoms with E-state index in [9.17, 15) is 14.2 Å². The van der Waals surface area contributed by atoms with Gasteiger partial charge in [0.05, 0.1) is 12.7 Å². The van der Waals surface area contributed by atoms with Gasteiger partial charge in [0, 0.05) is 24.2 Å². The molecule has 3 atom stereocenters. The van der Waals surface area contributed by atoms with Gasteiger partial charge in [-0.3, -0.25) is 18.9 Å². The van der Waals surface area contributed by atoms with E-state index in [1.165, 1.54) is 17.7 Å². The molecule has 1 fully saturated rings. The number of hydrogen-bond acceptors (Lipinski definition) is 6. The highest BCUT2D eigenvalue weighted by molar-refractivity contribution is 7.46. The van der Waals surface area contributed by atoms with E-state index in [0.29, 0.717) is 5.56 Å². The Morgan fingerprint density at radius 1 is 1.57 bits per heavy atom. The molecule has 0 unspecified atom stereocenters. The maximum atomic E-state index is 11.7. The topological polar surface area (TPSA) is 157 Å². The van der Waals surface area contributed by atoms with Gasteiger partial charge < -0.3 is 20.3 Å². The molecule has 1 aromatic heterocycles. The first-order valence-corrected chi connectivity index (χ1v) is 7.63. The van der Waals surface area contributed by atoms with Crippen molar-refractivity contribution in [2.45, 2.75) is 31.7 Å². The van der Waals surface area contributed by atoms with Gasteiger partial charge in [-0.1, -0.05) is 0 Å². The van der Waals surface area contributed by atoms with E-state index < -0.39 is 37.4 Å². The molecule has 5 N–H and O–H groups in total. The molecule has 1 aliphatic heterocycles. The number of aryl methyl sites for hydroxylation is 1. The Morgan fingerprint density at radius 2 is 2.24 bits per heavy atom. The molecule has 0 radical (unpaired) electrons. The smallest absolute Gasteiger partial charge is 0.351 e. The zero-order valence-electron chi connectivity index (χ0n) is 11.1. The van der Waals surface area contributed by atoms with Crippen molar-refractivity contribution in [2.75, 3.05) is 6.61 Å². The van der Waals surface area contributed by atoms with Crippen LogP contribution in [0.5, 0.6) is 0 Å². The Balaban J connectivity index is 2.14. The van der Waals surface area contributed by atoms with Crippen molar-refractivity contribution < 1.29 is 23.6 Å². The minimum atomic E-state index is -4.61. The molecule has 0 amide bonds. The lowest BCUT2D eigenvalue weighted by molar-refractivity contribution is -0.0268. The number of nitrogens with one attached hydrogen (secondary N) is 1. The zero-order chi connectivity index (χ0) is 15.8. The molecule has 0 spiro atoms. The predicted molar refractivity (Wildman–Crippen MR) is 70.6 cm³/mol. The molecule has 0 aliphatic carbocycles. The van der Waals surface area contributed by atoms with Gasteiger partial charge in [0.15, 0.2) is 0 Å². The molecule has 0 aromatic carbocycles. The average molecular weight is 321 g/mol. The second-order valence-corrected chi connectivity index (χ2v) is 6.03. The highest BCUT2D eigenvalue weighted by Crippen LogP contribution is 2.37. The highest BCUT2D eigenvalue weighted by Gasteiger charge is 2.36. The SMILES string of the molecule is Cc1cn([C@H]2C[C@H](N)[C@@H](COP(=O)(O)O)O2)c(=O)[nH]c1=O. The van der Waals surface area contributed by atoms with Gasteiger partial charge in [-0.05, 0) is 6.92 Å². The van der Waals surface area contributed by atoms with E-state index >= 15 is 0 Å². The van der Waals surface area contributed by atoms with E-state index in [-0.39, 0.29) is 13.0 Å². The second kappa shape index (κ2) is 5.84. The number of aromatic amines is 1. The fourth-order valence-electron chi connectivity index (χ4n) is 2.06. The normalized spacial score (nSPS) is 26.2. The van der Waals surface area contributed by atoms with E-state index in [2.05, 4.69) is 9.51 Å². The standard InChI is InChI=1S/C10H16N3O7P/c1-5-3-13(10(15)12-9(5)14)8-2-6(11)7(20-8)4-19-21(16,17)18/h3,6-8H,2,4,11H2,1H3,(H,12,14,15)(H2,16,17,18)/t6-,7+,8+/m0/s1. The van der Waals surface area contributed by atoms with Crippen molar-refractivity contribution in [2.24, 2.45) is 5.73 Å². The largest absolute Gasteiger partial charge is 0.469 e. The zero-order valence-corrected chi connectivity index (χ0v) is 12.0. The van der Waals surface area contributed by atoms with Crippen LogP contribution in [-0.4, -0.2) is 38.1 Å². The molecular weight excluding hydrogens is 305 g/mol. The number of nitrogens with zero attached hydrogens (tertiary/aromatic N) is 1. The summed E-state index contributed by atoms with van der Waals surface area (Å²) in [5.41, 5.74) is 5.02. The summed E-state index contributed by atoms with van der Waals surface area (Å²) in [7, 11) is -4.61. The van der Waals surface area contributed by atoms with Crippen LogP contribution in [0.4, 0.5) is 0 Å². The maximum Gasteiger partial charge on any atom is 0.469 e. The van der Waals surface area contributed by atoms with Gasteiger partial charge in [-0.2, -0.15) is 0 Å². The molecule has 0 saturated carbocycles. The summed E-state index contributed by atoms with van der Waals surface area (Å²) in [5, 5.41) is 0. The Morgan fingerprint density at radius 3 is 2.86 bits per heavy atom. The third-order valence-corrected chi connectivity index (χ3v) is 3.63. The number of nitrogens with two attached hydrogens (primary N) is 1. The van der Waals surface area contributed by atoms with Crippen LogP contribution >= 0.6 is 7.82 Å². The fourth-order valence-corrected chi connectivity index (χ4v) is 2.40. The number of H-pyrrole nitrogens is 1. The van der Waals surface area contributed by atoms with Crippen molar-refractivity contribution in [3.05, 3.63) is 32.6 Å². The first kappa shape index (κ1) is 16.1. The van der Waals surface area contributed by atoms with E-state index in [4.69, 9.17) is 20.3 Å². The quantitative estimate of drug-likeness (QED) is 0.491. The Kier molecular flexibility index (Phi) is 4.47. The molecule has 0 bridgehead atoms. The van der Waals surface area contributed by atoms with Crippen LogP contribution in [0.3, 0.4) is 0 Å². The third-order valence-electron chi connectivity index (χ3n) is 3.15. The van der Waals surface area contributed by atoms with Gasteiger partial charge in [0.25, 0.3) is 5.56 Å². The molecule has 2 heterocycles. The molecule has 118 valence electrons. The van der Waals surface area contributed by atoms with Crippen LogP contribution in [0.2, 0.25) is 0 Å². The molecule has 10 nitrogen and oxygen atoms in total. The summed E-state index contributed by atoms with van der Waals surface area (Å²) in [6.07, 6.45) is 0.112. The average Bonchev–Trinajstić information content (AvgIpc) is 2.72. The predicted octanol–water partition coefficient (Wildman–Crippen LogP) is -1.43. The van der Waals surface area contributed by atoms with Gasteiger partial charge in [0.2, 0.25) is 0 Å². The van der Waals surface area contributed by atoms with Crippen molar-refractivity contribution in [1.82, 2.24) is 9.55 Å². The second-order valence-electron chi connectivity index (χ2n) is 4.79. The van der Waals surface area contributed by atoms with Crippen LogP contribution in [0, 0.1) is 6.92 Å². The van der Waals surface area contributed by atoms with Gasteiger partial charge in [0.1, 0.15) is 6.23 Å². The summed E-state index contributed by atoms with van der Waals surface area (Å²) in [4.78, 5) is 42.5. The summed E-state index contributed by atoms with van der Waals surface area (Å²) in [5.74, 6) is 0. The van der Waals surface area contributed by atoms with Crippen molar-refractivity contribution in [3.63, 3.8) is 0 Å². The van der Waals surface area contributed by atoms with E-state index in [0.717, 1.165) is 0 Å². The highest BCUT2D eigenvalue weighted by atomic mass is 31.2. The number of aromatic nitrogens is 2. The van der Waals surface area contributed by atoms with Crippen LogP contribution in [0.15, 0.2) is 15.8 Å². The Labute approximate surface area is 118 Å². The monoisotopic (exact) mass is 321 g/mol. The maximum absolute atomic E-state index is 11.7. The van der Waals surface area contributed by atoms with Crippen LogP contribution < -0.4 is 17.0 Å². The fraction of sp³-hybridized carbons (Fsp3) is 0.600. The number of phosphoric acid groups is 1. The molecule has 1 saturated heterocycles. The van der Waals surface area contributed by atoms with E-state index in [1.807, 2.05) is 0 Å². The lowest BCUT2D eigenvalue weighted by atomic mass is 10.1. The van der Waals surface area contributed by atoms with Gasteiger partial charge >= 0.3 is 13.5 Å². The van der Waals surface area contributed by atoms with Crippen molar-refractivity contribution >= 4 is 7.82 Å². The molecule has 1 aliphatic rings. The first-order chi connectivity index (χ1) is 9.67. The van der Waals surface area contributed by atoms with Gasteiger partial charge in [-0.25, -0.2) is 9.36 Å². The summed E-state index contributed by atoms with van der Waals surface area (Å²) >= 11 is 0. The molecule has 11 heteroatoms. The Bertz CT molecular complexity index is 678. The van der Waals surface area contributed by atoms with Crippen LogP contribution in [0.1, 0.15) is 18.2 Å². The van der Waals surface area contributed by atoms with Gasteiger partial charge in [-0.15, -0.1) is 0 Å². The van der Waals surface area contributed by atoms with E-state index in [1.54, 1.807) is 0 Å². The Hall–Kier alpha value is -1.29. The first-order valence-electron chi connectivity index (χ1n) is 6.10. The van der Waals surface area contributed by atoms with Crippen LogP contribution in [-0.2, 0) is 13.8 Å². The summed E-state index contributed by atoms with van der Waals surface area (Å²) in [6, 6.07) is -0.555. The molecular formula is C10H16N3O7P. The number of hydrogen-bond donors (Lipinski definition) is 4. The number of rotatable bonds is 4. The number of phosphoric ester groups is 1. The minimum absolute atomic E-state index is 0.251. The lowest BCUT2D eigenvalue weighted by Gasteiger charge is -2.16. The molecule has 21 heavy (non-hydrogen) atoms. The third kappa shape index (κ3) is 3.88. The van der Waals surface area contributed by atoms with Crippen molar-refractivity contribution in [3.8, 4) is 0 Å². The molecule has 2 rings (SSSR count). The molecule has 1 aromatic rings.